The summed E-state index contributed by atoms with van der Waals surface area (Å²) in [5, 5.41) is 9.32. The Hall–Kier alpha value is -1.32. The van der Waals surface area contributed by atoms with Gasteiger partial charge >= 0.3 is 11.9 Å². The van der Waals surface area contributed by atoms with Crippen molar-refractivity contribution in [1.29, 1.82) is 0 Å². The smallest absolute Gasteiger partial charge is 0.307 e. The highest BCUT2D eigenvalue weighted by Crippen LogP contribution is 2.24. The van der Waals surface area contributed by atoms with E-state index in [1.54, 1.807) is 20.8 Å². The van der Waals surface area contributed by atoms with Crippen LogP contribution in [0.3, 0.4) is 0 Å². The fourth-order valence-corrected chi connectivity index (χ4v) is 2.18. The Morgan fingerprint density at radius 3 is 2.24 bits per heavy atom. The highest BCUT2D eigenvalue weighted by molar-refractivity contribution is 5.79. The maximum Gasteiger partial charge on any atom is 0.307 e. The van der Waals surface area contributed by atoms with Crippen molar-refractivity contribution in [2.24, 2.45) is 17.8 Å². The van der Waals surface area contributed by atoms with Crippen molar-refractivity contribution < 1.29 is 19.4 Å². The average molecular weight is 298 g/mol. The van der Waals surface area contributed by atoms with Crippen LogP contribution in [0.5, 0.6) is 0 Å². The van der Waals surface area contributed by atoms with Gasteiger partial charge in [0.1, 0.15) is 5.60 Å². The Balaban J connectivity index is 4.43. The van der Waals surface area contributed by atoms with E-state index in [1.807, 2.05) is 13.0 Å². The molecule has 0 aliphatic heterocycles. The standard InChI is InChI=1S/C17H30O4/c1-7-12(2)9-8-10-13(3)14(16(19)20)11-15(18)21-17(4,5)6/h7,12-14H,1,8-11H2,2-6H3,(H,19,20)/t12?,13-,14?/m1/s1. The van der Waals surface area contributed by atoms with Gasteiger partial charge in [0.25, 0.3) is 0 Å². The number of aliphatic carboxylic acids is 1. The second-order valence-electron chi connectivity index (χ2n) is 6.86. The summed E-state index contributed by atoms with van der Waals surface area (Å²) in [6, 6.07) is 0. The van der Waals surface area contributed by atoms with Crippen LogP contribution in [0.1, 0.15) is 60.3 Å². The van der Waals surface area contributed by atoms with Gasteiger partial charge < -0.3 is 9.84 Å². The Bertz CT molecular complexity index is 354. The molecule has 0 aromatic carbocycles. The van der Waals surface area contributed by atoms with Gasteiger partial charge in [-0.05, 0) is 45.4 Å². The van der Waals surface area contributed by atoms with Crippen LogP contribution in [0.4, 0.5) is 0 Å². The number of carbonyl (C=O) groups is 2. The number of carbonyl (C=O) groups excluding carboxylic acids is 1. The molecule has 2 unspecified atom stereocenters. The van der Waals surface area contributed by atoms with E-state index in [9.17, 15) is 14.7 Å². The first-order chi connectivity index (χ1) is 9.56. The molecule has 0 bridgehead atoms. The SMILES string of the molecule is C=CC(C)CCC[C@@H](C)C(CC(=O)OC(C)(C)C)C(=O)O. The van der Waals surface area contributed by atoms with Crippen molar-refractivity contribution in [1.82, 2.24) is 0 Å². The zero-order valence-corrected chi connectivity index (χ0v) is 14.0. The van der Waals surface area contributed by atoms with Gasteiger partial charge in [0.05, 0.1) is 12.3 Å². The quantitative estimate of drug-likeness (QED) is 0.515. The highest BCUT2D eigenvalue weighted by Gasteiger charge is 2.29. The zero-order chi connectivity index (χ0) is 16.6. The summed E-state index contributed by atoms with van der Waals surface area (Å²) in [5.41, 5.74) is -0.581. The number of carboxylic acid groups (broad SMARTS) is 1. The zero-order valence-electron chi connectivity index (χ0n) is 14.0. The highest BCUT2D eigenvalue weighted by atomic mass is 16.6. The van der Waals surface area contributed by atoms with E-state index in [2.05, 4.69) is 13.5 Å². The Morgan fingerprint density at radius 1 is 1.24 bits per heavy atom. The molecule has 0 aromatic heterocycles. The number of hydrogen-bond acceptors (Lipinski definition) is 3. The summed E-state index contributed by atoms with van der Waals surface area (Å²) in [6.45, 7) is 13.1. The van der Waals surface area contributed by atoms with Crippen molar-refractivity contribution in [3.8, 4) is 0 Å². The average Bonchev–Trinajstić information content (AvgIpc) is 2.32. The minimum Gasteiger partial charge on any atom is -0.481 e. The topological polar surface area (TPSA) is 63.6 Å². The molecule has 122 valence electrons. The number of carboxylic acids is 1. The van der Waals surface area contributed by atoms with E-state index in [1.165, 1.54) is 0 Å². The minimum atomic E-state index is -0.926. The Labute approximate surface area is 128 Å². The summed E-state index contributed by atoms with van der Waals surface area (Å²) in [5.74, 6) is -1.66. The van der Waals surface area contributed by atoms with Crippen LogP contribution < -0.4 is 0 Å². The van der Waals surface area contributed by atoms with Gasteiger partial charge in [0.15, 0.2) is 0 Å². The first-order valence-electron chi connectivity index (χ1n) is 7.64. The molecule has 0 saturated heterocycles. The molecule has 4 nitrogen and oxygen atoms in total. The molecule has 0 amide bonds. The predicted molar refractivity (Wildman–Crippen MR) is 84.0 cm³/mol. The lowest BCUT2D eigenvalue weighted by atomic mass is 9.86. The van der Waals surface area contributed by atoms with Crippen LogP contribution in [-0.2, 0) is 14.3 Å². The lowest BCUT2D eigenvalue weighted by Crippen LogP contribution is -2.30. The van der Waals surface area contributed by atoms with E-state index in [4.69, 9.17) is 4.74 Å². The van der Waals surface area contributed by atoms with E-state index in [-0.39, 0.29) is 12.3 Å². The number of allylic oxidation sites excluding steroid dienone is 1. The van der Waals surface area contributed by atoms with Gasteiger partial charge in [-0.1, -0.05) is 26.3 Å². The van der Waals surface area contributed by atoms with Crippen molar-refractivity contribution in [2.45, 2.75) is 65.9 Å². The van der Waals surface area contributed by atoms with E-state index in [0.29, 0.717) is 5.92 Å². The van der Waals surface area contributed by atoms with Crippen LogP contribution in [0.2, 0.25) is 0 Å². The number of rotatable bonds is 9. The normalized spacial score (nSPS) is 15.9. The number of esters is 1. The number of hydrogen-bond donors (Lipinski definition) is 1. The van der Waals surface area contributed by atoms with Gasteiger partial charge in [-0.25, -0.2) is 0 Å². The molecule has 3 atom stereocenters. The molecular weight excluding hydrogens is 268 g/mol. The molecule has 1 N–H and O–H groups in total. The van der Waals surface area contributed by atoms with Gasteiger partial charge in [-0.2, -0.15) is 0 Å². The molecule has 4 heteroatoms. The summed E-state index contributed by atoms with van der Waals surface area (Å²) >= 11 is 0. The second kappa shape index (κ2) is 8.85. The summed E-state index contributed by atoms with van der Waals surface area (Å²) in [6.07, 6.45) is 4.56. The van der Waals surface area contributed by atoms with Crippen LogP contribution in [-0.4, -0.2) is 22.6 Å². The van der Waals surface area contributed by atoms with Crippen LogP contribution in [0.15, 0.2) is 12.7 Å². The fraction of sp³-hybridized carbons (Fsp3) is 0.765. The van der Waals surface area contributed by atoms with Crippen LogP contribution in [0.25, 0.3) is 0 Å². The predicted octanol–water partition coefficient (Wildman–Crippen LogP) is 4.05. The molecule has 0 aliphatic rings. The van der Waals surface area contributed by atoms with Crippen molar-refractivity contribution in [2.75, 3.05) is 0 Å². The van der Waals surface area contributed by atoms with E-state index in [0.717, 1.165) is 19.3 Å². The molecular formula is C17H30O4. The molecule has 0 radical (unpaired) electrons. The molecule has 0 aromatic rings. The van der Waals surface area contributed by atoms with E-state index >= 15 is 0 Å². The maximum atomic E-state index is 11.8. The van der Waals surface area contributed by atoms with Crippen molar-refractivity contribution in [3.05, 3.63) is 12.7 Å². The molecule has 0 fully saturated rings. The molecule has 0 spiro atoms. The monoisotopic (exact) mass is 298 g/mol. The third kappa shape index (κ3) is 9.27. The third-order valence-corrected chi connectivity index (χ3v) is 3.53. The van der Waals surface area contributed by atoms with Gasteiger partial charge in [-0.3, -0.25) is 9.59 Å². The van der Waals surface area contributed by atoms with Gasteiger partial charge in [-0.15, -0.1) is 6.58 Å². The molecule has 0 saturated carbocycles. The second-order valence-corrected chi connectivity index (χ2v) is 6.86. The summed E-state index contributed by atoms with van der Waals surface area (Å²) in [7, 11) is 0. The molecule has 0 rings (SSSR count). The third-order valence-electron chi connectivity index (χ3n) is 3.53. The lowest BCUT2D eigenvalue weighted by molar-refractivity contribution is -0.161. The summed E-state index contributed by atoms with van der Waals surface area (Å²) in [4.78, 5) is 23.2. The summed E-state index contributed by atoms with van der Waals surface area (Å²) < 4.78 is 5.21. The van der Waals surface area contributed by atoms with Crippen molar-refractivity contribution >= 4 is 11.9 Å². The Morgan fingerprint density at radius 2 is 1.81 bits per heavy atom. The Kier molecular flexibility index (Phi) is 8.30. The van der Waals surface area contributed by atoms with Crippen molar-refractivity contribution in [3.63, 3.8) is 0 Å². The fourth-order valence-electron chi connectivity index (χ4n) is 2.18. The molecule has 0 aliphatic carbocycles. The molecule has 0 heterocycles. The lowest BCUT2D eigenvalue weighted by Gasteiger charge is -2.23. The largest absolute Gasteiger partial charge is 0.481 e. The number of ether oxygens (including phenoxy) is 1. The van der Waals surface area contributed by atoms with Crippen LogP contribution >= 0.6 is 0 Å². The maximum absolute atomic E-state index is 11.8. The minimum absolute atomic E-state index is 0.0490. The van der Waals surface area contributed by atoms with Crippen LogP contribution in [0, 0.1) is 17.8 Å². The first kappa shape index (κ1) is 19.7. The van der Waals surface area contributed by atoms with E-state index < -0.39 is 23.5 Å². The first-order valence-corrected chi connectivity index (χ1v) is 7.64. The van der Waals surface area contributed by atoms with Gasteiger partial charge in [0.2, 0.25) is 0 Å². The van der Waals surface area contributed by atoms with Gasteiger partial charge in [0, 0.05) is 0 Å². The molecule has 21 heavy (non-hydrogen) atoms.